The van der Waals surface area contributed by atoms with Gasteiger partial charge in [0.05, 0.1) is 6.10 Å². The fourth-order valence-corrected chi connectivity index (χ4v) is 3.49. The van der Waals surface area contributed by atoms with Gasteiger partial charge in [-0.25, -0.2) is 0 Å². The Morgan fingerprint density at radius 1 is 1.38 bits per heavy atom. The van der Waals surface area contributed by atoms with Gasteiger partial charge in [-0.05, 0) is 32.4 Å². The Kier molecular flexibility index (Phi) is 1.70. The second-order valence-electron chi connectivity index (χ2n) is 6.07. The number of epoxide rings is 2. The van der Waals surface area contributed by atoms with Crippen molar-refractivity contribution < 1.29 is 14.3 Å². The number of carbonyl (C=O) groups is 1. The van der Waals surface area contributed by atoms with E-state index in [4.69, 9.17) is 9.47 Å². The number of ketones is 1. The number of fused-ring (bicyclic) bond motifs is 3. The molecule has 0 aromatic rings. The van der Waals surface area contributed by atoms with Crippen molar-refractivity contribution in [3.63, 3.8) is 0 Å². The maximum absolute atomic E-state index is 11.1. The van der Waals surface area contributed by atoms with Crippen LogP contribution >= 0.6 is 0 Å². The topological polar surface area (TPSA) is 42.1 Å². The molecule has 4 unspecified atom stereocenters. The molecule has 1 saturated carbocycles. The van der Waals surface area contributed by atoms with Crippen LogP contribution < -0.4 is 0 Å². The molecule has 16 heavy (non-hydrogen) atoms. The van der Waals surface area contributed by atoms with Crippen LogP contribution in [-0.2, 0) is 14.3 Å². The molecule has 0 amide bonds. The van der Waals surface area contributed by atoms with Crippen LogP contribution in [0.3, 0.4) is 0 Å². The van der Waals surface area contributed by atoms with Crippen LogP contribution in [0.15, 0.2) is 12.2 Å². The van der Waals surface area contributed by atoms with Crippen LogP contribution in [0.4, 0.5) is 0 Å². The lowest BCUT2D eigenvalue weighted by atomic mass is 9.64. The van der Waals surface area contributed by atoms with Crippen LogP contribution in [-0.4, -0.2) is 29.2 Å². The highest BCUT2D eigenvalue weighted by molar-refractivity contribution is 5.87. The van der Waals surface area contributed by atoms with Crippen LogP contribution in [0.5, 0.6) is 0 Å². The van der Waals surface area contributed by atoms with Gasteiger partial charge in [0.1, 0.15) is 17.3 Å². The molecule has 88 valence electrons. The second kappa shape index (κ2) is 2.59. The Bertz CT molecular complexity index is 391. The van der Waals surface area contributed by atoms with E-state index >= 15 is 0 Å². The quantitative estimate of drug-likeness (QED) is 0.529. The first-order chi connectivity index (χ1) is 7.32. The van der Waals surface area contributed by atoms with Crippen molar-refractivity contribution in [2.75, 3.05) is 0 Å². The number of hydrogen-bond acceptors (Lipinski definition) is 3. The van der Waals surface area contributed by atoms with Gasteiger partial charge in [0.25, 0.3) is 0 Å². The molecule has 0 spiro atoms. The Balaban J connectivity index is 1.97. The van der Waals surface area contributed by atoms with Crippen molar-refractivity contribution in [3.05, 3.63) is 12.2 Å². The number of ether oxygens (including phenoxy) is 2. The lowest BCUT2D eigenvalue weighted by Crippen LogP contribution is -2.45. The molecular weight excluding hydrogens is 204 g/mol. The molecule has 0 aromatic heterocycles. The van der Waals surface area contributed by atoms with Gasteiger partial charge in [0.2, 0.25) is 0 Å². The summed E-state index contributed by atoms with van der Waals surface area (Å²) in [4.78, 5) is 11.1. The van der Waals surface area contributed by atoms with Gasteiger partial charge in [0, 0.05) is 5.41 Å². The first-order valence-corrected chi connectivity index (χ1v) is 5.88. The molecule has 3 rings (SSSR count). The van der Waals surface area contributed by atoms with Crippen LogP contribution in [0.1, 0.15) is 34.1 Å². The fourth-order valence-electron chi connectivity index (χ4n) is 3.49. The fraction of sp³-hybridized carbons (Fsp3) is 0.769. The highest BCUT2D eigenvalue weighted by Crippen LogP contribution is 2.70. The summed E-state index contributed by atoms with van der Waals surface area (Å²) in [5.74, 6) is 0.0712. The molecule has 0 radical (unpaired) electrons. The third-order valence-corrected chi connectivity index (χ3v) is 4.46. The summed E-state index contributed by atoms with van der Waals surface area (Å²) in [7, 11) is 0. The lowest BCUT2D eigenvalue weighted by molar-refractivity contribution is -0.112. The normalized spacial score (nSPS) is 52.0. The van der Waals surface area contributed by atoms with Gasteiger partial charge in [-0.3, -0.25) is 4.79 Å². The predicted molar refractivity (Wildman–Crippen MR) is 59.1 cm³/mol. The molecule has 2 saturated heterocycles. The summed E-state index contributed by atoms with van der Waals surface area (Å²) in [6, 6.07) is 0. The third-order valence-electron chi connectivity index (χ3n) is 4.46. The minimum absolute atomic E-state index is 0.0331. The van der Waals surface area contributed by atoms with Gasteiger partial charge in [-0.2, -0.15) is 0 Å². The van der Waals surface area contributed by atoms with E-state index in [2.05, 4.69) is 20.8 Å². The lowest BCUT2D eigenvalue weighted by Gasteiger charge is -2.34. The molecule has 2 aliphatic heterocycles. The van der Waals surface area contributed by atoms with Crippen molar-refractivity contribution in [2.24, 2.45) is 5.41 Å². The van der Waals surface area contributed by atoms with Crippen LogP contribution in [0, 0.1) is 5.41 Å². The van der Waals surface area contributed by atoms with Crippen molar-refractivity contribution in [3.8, 4) is 0 Å². The number of allylic oxidation sites excluding steroid dienone is 1. The smallest absolute Gasteiger partial charge is 0.152 e. The Morgan fingerprint density at radius 2 is 2.06 bits per heavy atom. The monoisotopic (exact) mass is 222 g/mol. The summed E-state index contributed by atoms with van der Waals surface area (Å²) in [6.07, 6.45) is 5.19. The molecule has 2 heterocycles. The molecule has 0 aromatic carbocycles. The van der Waals surface area contributed by atoms with Crippen molar-refractivity contribution in [2.45, 2.75) is 57.5 Å². The SMILES string of the molecule is CC(=O)/C=C/C12OC1(C)C1OC1CC2(C)C. The zero-order valence-corrected chi connectivity index (χ0v) is 10.2. The van der Waals surface area contributed by atoms with Gasteiger partial charge >= 0.3 is 0 Å². The second-order valence-corrected chi connectivity index (χ2v) is 6.07. The third kappa shape index (κ3) is 1.03. The first-order valence-electron chi connectivity index (χ1n) is 5.88. The zero-order chi connectivity index (χ0) is 11.8. The molecule has 1 aliphatic carbocycles. The minimum atomic E-state index is -0.302. The summed E-state index contributed by atoms with van der Waals surface area (Å²) in [6.45, 7) is 8.06. The van der Waals surface area contributed by atoms with E-state index in [9.17, 15) is 4.79 Å². The maximum atomic E-state index is 11.1. The summed E-state index contributed by atoms with van der Waals surface area (Å²) in [5.41, 5.74) is -0.486. The van der Waals surface area contributed by atoms with E-state index < -0.39 is 0 Å². The minimum Gasteiger partial charge on any atom is -0.366 e. The Labute approximate surface area is 95.8 Å². The van der Waals surface area contributed by atoms with Gasteiger partial charge in [-0.1, -0.05) is 13.8 Å². The molecular formula is C13H18O3. The largest absolute Gasteiger partial charge is 0.366 e. The number of hydrogen-bond donors (Lipinski definition) is 0. The van der Waals surface area contributed by atoms with E-state index in [1.165, 1.54) is 0 Å². The molecule has 4 atom stereocenters. The number of rotatable bonds is 2. The van der Waals surface area contributed by atoms with Gasteiger partial charge in [0.15, 0.2) is 5.78 Å². The molecule has 0 bridgehead atoms. The highest BCUT2D eigenvalue weighted by Gasteiger charge is 2.83. The van der Waals surface area contributed by atoms with Crippen molar-refractivity contribution in [1.82, 2.24) is 0 Å². The van der Waals surface area contributed by atoms with Crippen molar-refractivity contribution >= 4 is 5.78 Å². The zero-order valence-electron chi connectivity index (χ0n) is 10.2. The van der Waals surface area contributed by atoms with E-state index in [1.54, 1.807) is 13.0 Å². The van der Waals surface area contributed by atoms with E-state index in [0.717, 1.165) is 6.42 Å². The first kappa shape index (κ1) is 10.5. The Morgan fingerprint density at radius 3 is 2.69 bits per heavy atom. The average molecular weight is 222 g/mol. The van der Waals surface area contributed by atoms with E-state index in [-0.39, 0.29) is 28.5 Å². The molecule has 3 aliphatic rings. The molecule has 3 nitrogen and oxygen atoms in total. The summed E-state index contributed by atoms with van der Waals surface area (Å²) < 4.78 is 11.7. The van der Waals surface area contributed by atoms with Crippen molar-refractivity contribution in [1.29, 1.82) is 0 Å². The summed E-state index contributed by atoms with van der Waals surface area (Å²) in [5, 5.41) is 0. The van der Waals surface area contributed by atoms with Gasteiger partial charge < -0.3 is 9.47 Å². The summed E-state index contributed by atoms with van der Waals surface area (Å²) >= 11 is 0. The Hall–Kier alpha value is -0.670. The maximum Gasteiger partial charge on any atom is 0.152 e. The average Bonchev–Trinajstić information content (AvgIpc) is 2.98. The predicted octanol–water partition coefficient (Wildman–Crippen LogP) is 1.86. The van der Waals surface area contributed by atoms with E-state index in [1.807, 2.05) is 6.08 Å². The molecule has 0 N–H and O–H groups in total. The van der Waals surface area contributed by atoms with E-state index in [0.29, 0.717) is 6.10 Å². The number of carbonyl (C=O) groups excluding carboxylic acids is 1. The van der Waals surface area contributed by atoms with Crippen LogP contribution in [0.25, 0.3) is 0 Å². The standard InChI is InChI=1S/C13H18O3/c1-8(14)5-6-13-11(2,3)7-9-10(15-9)12(13,4)16-13/h5-6,9-10H,7H2,1-4H3/b6-5+. The highest BCUT2D eigenvalue weighted by atomic mass is 16.7. The molecule has 3 heteroatoms. The van der Waals surface area contributed by atoms with Gasteiger partial charge in [-0.15, -0.1) is 0 Å². The van der Waals surface area contributed by atoms with Crippen LogP contribution in [0.2, 0.25) is 0 Å². The molecule has 3 fully saturated rings.